The zero-order chi connectivity index (χ0) is 29.0. The molecule has 0 spiro atoms. The Kier molecular flexibility index (Phi) is 8.59. The van der Waals surface area contributed by atoms with Gasteiger partial charge < -0.3 is 25.6 Å². The van der Waals surface area contributed by atoms with Gasteiger partial charge in [-0.15, -0.1) is 0 Å². The van der Waals surface area contributed by atoms with E-state index in [1.807, 2.05) is 0 Å². The molecule has 3 heterocycles. The normalized spacial score (nSPS) is 16.1. The van der Waals surface area contributed by atoms with Crippen molar-refractivity contribution in [2.45, 2.75) is 18.0 Å². The zero-order valence-electron chi connectivity index (χ0n) is 21.3. The van der Waals surface area contributed by atoms with Gasteiger partial charge >= 0.3 is 6.03 Å². The second-order valence-electron chi connectivity index (χ2n) is 9.00. The number of methoxy groups -OCH3 is 1. The Hall–Kier alpha value is -4.17. The van der Waals surface area contributed by atoms with Gasteiger partial charge in [-0.25, -0.2) is 22.9 Å². The van der Waals surface area contributed by atoms with Crippen LogP contribution in [0.1, 0.15) is 33.7 Å². The molecule has 15 heteroatoms. The Labute approximate surface area is 231 Å². The second kappa shape index (κ2) is 11.9. The van der Waals surface area contributed by atoms with Gasteiger partial charge in [0, 0.05) is 26.6 Å². The van der Waals surface area contributed by atoms with Crippen LogP contribution in [0.4, 0.5) is 23.8 Å². The van der Waals surface area contributed by atoms with E-state index in [0.717, 1.165) is 11.0 Å². The van der Waals surface area contributed by atoms with Crippen LogP contribution in [-0.2, 0) is 16.6 Å². The summed E-state index contributed by atoms with van der Waals surface area (Å²) in [5.74, 6) is -5.26. The van der Waals surface area contributed by atoms with Crippen molar-refractivity contribution in [2.24, 2.45) is 7.05 Å². The van der Waals surface area contributed by atoms with Crippen LogP contribution in [0, 0.1) is 5.82 Å². The number of aromatic nitrogens is 3. The molecule has 1 aliphatic heterocycles. The molecule has 4 rings (SSSR count). The number of carbonyl (C=O) groups is 3. The Morgan fingerprint density at radius 2 is 1.98 bits per heavy atom. The molecule has 0 unspecified atom stereocenters. The molecule has 11 nitrogen and oxygen atoms in total. The molecule has 212 valence electrons. The van der Waals surface area contributed by atoms with Crippen molar-refractivity contribution in [3.05, 3.63) is 76.5 Å². The number of nitrogens with one attached hydrogen (secondary N) is 3. The van der Waals surface area contributed by atoms with E-state index in [1.165, 1.54) is 54.5 Å². The Morgan fingerprint density at radius 1 is 1.20 bits per heavy atom. The highest BCUT2D eigenvalue weighted by molar-refractivity contribution is 6.30. The van der Waals surface area contributed by atoms with E-state index in [2.05, 4.69) is 26.0 Å². The van der Waals surface area contributed by atoms with Crippen molar-refractivity contribution in [1.29, 1.82) is 0 Å². The van der Waals surface area contributed by atoms with Crippen LogP contribution in [0.15, 0.2) is 48.8 Å². The molecule has 1 fully saturated rings. The molecule has 3 aromatic rings. The summed E-state index contributed by atoms with van der Waals surface area (Å²) in [5.41, 5.74) is 0.700. The molecular weight excluding hydrogens is 555 g/mol. The number of hydrogen-bond acceptors (Lipinski definition) is 6. The third kappa shape index (κ3) is 6.51. The van der Waals surface area contributed by atoms with Crippen LogP contribution in [0.5, 0.6) is 0 Å². The average Bonchev–Trinajstić information content (AvgIpc) is 3.35. The number of aryl methyl sites for hydroxylation is 1. The highest BCUT2D eigenvalue weighted by Crippen LogP contribution is 2.29. The van der Waals surface area contributed by atoms with Crippen molar-refractivity contribution in [3.8, 4) is 0 Å². The third-order valence-electron chi connectivity index (χ3n) is 6.15. The lowest BCUT2D eigenvalue weighted by Crippen LogP contribution is -2.58. The molecule has 2 atom stereocenters. The Balaban J connectivity index is 1.61. The van der Waals surface area contributed by atoms with Crippen LogP contribution in [0.2, 0.25) is 5.02 Å². The Morgan fingerprint density at radius 3 is 2.65 bits per heavy atom. The minimum atomic E-state index is -3.15. The summed E-state index contributed by atoms with van der Waals surface area (Å²) in [4.78, 5) is 43.8. The van der Waals surface area contributed by atoms with Gasteiger partial charge in [0.15, 0.2) is 0 Å². The van der Waals surface area contributed by atoms with Crippen molar-refractivity contribution in [1.82, 2.24) is 30.3 Å². The predicted molar refractivity (Wildman–Crippen MR) is 137 cm³/mol. The molecule has 3 N–H and O–H groups in total. The number of carbonyl (C=O) groups excluding carboxylic acids is 3. The number of hydrogen-bond donors (Lipinski definition) is 3. The number of alkyl halides is 2. The lowest BCUT2D eigenvalue weighted by Gasteiger charge is -2.38. The topological polar surface area (TPSA) is 130 Å². The molecule has 40 heavy (non-hydrogen) atoms. The van der Waals surface area contributed by atoms with Gasteiger partial charge in [-0.3, -0.25) is 14.3 Å². The number of ether oxygens (including phenoxy) is 1. The summed E-state index contributed by atoms with van der Waals surface area (Å²) in [6.45, 7) is -1.72. The largest absolute Gasteiger partial charge is 0.382 e. The van der Waals surface area contributed by atoms with Crippen LogP contribution in [-0.4, -0.2) is 70.2 Å². The number of nitrogens with zero attached hydrogens (tertiary/aromatic N) is 4. The minimum absolute atomic E-state index is 0.000715. The zero-order valence-corrected chi connectivity index (χ0v) is 22.1. The van der Waals surface area contributed by atoms with E-state index < -0.39 is 54.8 Å². The fourth-order valence-corrected chi connectivity index (χ4v) is 4.36. The summed E-state index contributed by atoms with van der Waals surface area (Å²) in [6, 6.07) is 4.95. The van der Waals surface area contributed by atoms with E-state index in [9.17, 15) is 27.6 Å². The number of halogens is 4. The lowest BCUT2D eigenvalue weighted by molar-refractivity contribution is -0.118. The first kappa shape index (κ1) is 28.8. The standard InChI is InChI=1S/C25H25ClF3N7O4/c1-35-18(6-8-32-35)22(37)34-21(15-3-4-17(27)16(26)9-15)23(38)33-20-10-14(5-7-30-20)19(11-40-2)36-13-25(28,29)12-31-24(36)39/h3-10,19,21H,11-13H2,1-2H3,(H,31,39)(H,34,37)(H,30,33,38)/t19-,21+/m1/s1. The first-order valence-electron chi connectivity index (χ1n) is 11.9. The first-order valence-corrected chi connectivity index (χ1v) is 12.3. The molecule has 1 aromatic carbocycles. The van der Waals surface area contributed by atoms with Crippen molar-refractivity contribution in [3.63, 3.8) is 0 Å². The summed E-state index contributed by atoms with van der Waals surface area (Å²) in [5, 5.41) is 11.0. The third-order valence-corrected chi connectivity index (χ3v) is 6.44. The van der Waals surface area contributed by atoms with Gasteiger partial charge in [0.25, 0.3) is 17.7 Å². The molecule has 0 bridgehead atoms. The van der Waals surface area contributed by atoms with Gasteiger partial charge in [-0.2, -0.15) is 5.10 Å². The van der Waals surface area contributed by atoms with Crippen LogP contribution in [0.3, 0.4) is 0 Å². The van der Waals surface area contributed by atoms with Gasteiger partial charge in [-0.05, 0) is 41.5 Å². The van der Waals surface area contributed by atoms with E-state index >= 15 is 0 Å². The van der Waals surface area contributed by atoms with E-state index in [-0.39, 0.29) is 28.7 Å². The SMILES string of the molecule is COC[C@H](c1ccnc(NC(=O)[C@@H](NC(=O)c2ccnn2C)c2ccc(F)c(Cl)c2)c1)N1CC(F)(F)CNC1=O. The quantitative estimate of drug-likeness (QED) is 0.357. The lowest BCUT2D eigenvalue weighted by atomic mass is 10.0. The fraction of sp³-hybridized carbons (Fsp3) is 0.320. The number of anilines is 1. The highest BCUT2D eigenvalue weighted by Gasteiger charge is 2.42. The fourth-order valence-electron chi connectivity index (χ4n) is 4.17. The number of urea groups is 1. The smallest absolute Gasteiger partial charge is 0.318 e. The molecule has 1 saturated heterocycles. The maximum Gasteiger partial charge on any atom is 0.318 e. The van der Waals surface area contributed by atoms with E-state index in [4.69, 9.17) is 16.3 Å². The van der Waals surface area contributed by atoms with E-state index in [1.54, 1.807) is 7.05 Å². The van der Waals surface area contributed by atoms with Crippen molar-refractivity contribution in [2.75, 3.05) is 32.1 Å². The van der Waals surface area contributed by atoms with Gasteiger partial charge in [0.2, 0.25) is 0 Å². The van der Waals surface area contributed by atoms with Crippen molar-refractivity contribution >= 4 is 35.3 Å². The average molecular weight is 580 g/mol. The molecule has 0 radical (unpaired) electrons. The number of pyridine rings is 1. The maximum absolute atomic E-state index is 14.1. The summed E-state index contributed by atoms with van der Waals surface area (Å²) >= 11 is 5.93. The summed E-state index contributed by atoms with van der Waals surface area (Å²) in [6.07, 6.45) is 2.73. The summed E-state index contributed by atoms with van der Waals surface area (Å²) < 4.78 is 48.5. The molecule has 1 aliphatic rings. The molecule has 4 amide bonds. The van der Waals surface area contributed by atoms with Gasteiger partial charge in [-0.1, -0.05) is 17.7 Å². The van der Waals surface area contributed by atoms with E-state index in [0.29, 0.717) is 5.56 Å². The number of rotatable bonds is 9. The number of amides is 4. The van der Waals surface area contributed by atoms with Crippen LogP contribution < -0.4 is 16.0 Å². The molecular formula is C25H25ClF3N7O4. The highest BCUT2D eigenvalue weighted by atomic mass is 35.5. The van der Waals surface area contributed by atoms with Crippen LogP contribution >= 0.6 is 11.6 Å². The molecule has 0 saturated carbocycles. The Bertz CT molecular complexity index is 1420. The van der Waals surface area contributed by atoms with Crippen LogP contribution in [0.25, 0.3) is 0 Å². The van der Waals surface area contributed by atoms with Gasteiger partial charge in [0.05, 0.1) is 30.8 Å². The molecule has 2 aromatic heterocycles. The number of benzene rings is 1. The molecule has 0 aliphatic carbocycles. The minimum Gasteiger partial charge on any atom is -0.382 e. The second-order valence-corrected chi connectivity index (χ2v) is 9.40. The summed E-state index contributed by atoms with van der Waals surface area (Å²) in [7, 11) is 2.91. The van der Waals surface area contributed by atoms with Gasteiger partial charge in [0.1, 0.15) is 23.4 Å². The maximum atomic E-state index is 14.1. The first-order chi connectivity index (χ1) is 19.0. The predicted octanol–water partition coefficient (Wildman–Crippen LogP) is 3.07. The van der Waals surface area contributed by atoms with Crippen molar-refractivity contribution < 1.29 is 32.3 Å². The monoisotopic (exact) mass is 579 g/mol.